The standard InChI is InChI=1S/C18H22ClNO3/c1-16(2)17(3)7-8-18(16,10-14(17)21)15(22)20-12-9-11(19)5-6-13(12)23-4/h5-6,9H,7-8,10H2,1-4H3,(H,20,22)/t17-,18-/m0/s1. The molecule has 0 radical (unpaired) electrons. The predicted molar refractivity (Wildman–Crippen MR) is 89.8 cm³/mol. The number of ketones is 1. The van der Waals surface area contributed by atoms with Gasteiger partial charge in [-0.1, -0.05) is 32.4 Å². The molecular weight excluding hydrogens is 314 g/mol. The van der Waals surface area contributed by atoms with Gasteiger partial charge in [-0.3, -0.25) is 9.59 Å². The van der Waals surface area contributed by atoms with Gasteiger partial charge in [0.25, 0.3) is 0 Å². The lowest BCUT2D eigenvalue weighted by Crippen LogP contribution is -2.43. The molecule has 0 spiro atoms. The van der Waals surface area contributed by atoms with Crippen LogP contribution in [0.25, 0.3) is 0 Å². The molecule has 2 atom stereocenters. The van der Waals surface area contributed by atoms with Crippen LogP contribution in [0.3, 0.4) is 0 Å². The van der Waals surface area contributed by atoms with Crippen molar-refractivity contribution >= 4 is 29.0 Å². The van der Waals surface area contributed by atoms with E-state index in [1.54, 1.807) is 25.3 Å². The highest BCUT2D eigenvalue weighted by atomic mass is 35.5. The normalized spacial score (nSPS) is 31.3. The SMILES string of the molecule is COc1ccc(Cl)cc1NC(=O)[C@]12CC[C@@](C)(C(=O)C1)C2(C)C. The molecule has 0 aliphatic heterocycles. The number of fused-ring (bicyclic) bond motifs is 2. The van der Waals surface area contributed by atoms with Crippen LogP contribution in [0, 0.1) is 16.2 Å². The Morgan fingerprint density at radius 1 is 1.26 bits per heavy atom. The van der Waals surface area contributed by atoms with Gasteiger partial charge >= 0.3 is 0 Å². The van der Waals surface area contributed by atoms with Crippen molar-refractivity contribution in [2.45, 2.75) is 40.0 Å². The summed E-state index contributed by atoms with van der Waals surface area (Å²) in [6.45, 7) is 6.08. The van der Waals surface area contributed by atoms with Crippen LogP contribution in [0.15, 0.2) is 18.2 Å². The van der Waals surface area contributed by atoms with Crippen molar-refractivity contribution in [1.29, 1.82) is 0 Å². The summed E-state index contributed by atoms with van der Waals surface area (Å²) in [7, 11) is 1.55. The Hall–Kier alpha value is -1.55. The molecule has 2 aliphatic carbocycles. The molecule has 4 nitrogen and oxygen atoms in total. The smallest absolute Gasteiger partial charge is 0.231 e. The highest BCUT2D eigenvalue weighted by Gasteiger charge is 2.72. The average molecular weight is 336 g/mol. The van der Waals surface area contributed by atoms with E-state index >= 15 is 0 Å². The van der Waals surface area contributed by atoms with Crippen LogP contribution < -0.4 is 10.1 Å². The molecule has 2 bridgehead atoms. The first-order chi connectivity index (χ1) is 10.7. The van der Waals surface area contributed by atoms with Crippen molar-refractivity contribution in [2.24, 2.45) is 16.2 Å². The summed E-state index contributed by atoms with van der Waals surface area (Å²) in [6, 6.07) is 5.11. The second-order valence-corrected chi connectivity index (χ2v) is 7.87. The van der Waals surface area contributed by atoms with Gasteiger partial charge in [-0.15, -0.1) is 0 Å². The van der Waals surface area contributed by atoms with E-state index < -0.39 is 10.8 Å². The minimum atomic E-state index is -0.661. The lowest BCUT2D eigenvalue weighted by molar-refractivity contribution is -0.131. The monoisotopic (exact) mass is 335 g/mol. The number of anilines is 1. The van der Waals surface area contributed by atoms with E-state index in [0.29, 0.717) is 22.9 Å². The van der Waals surface area contributed by atoms with Gasteiger partial charge in [0.2, 0.25) is 5.91 Å². The molecule has 1 aromatic carbocycles. The molecule has 1 N–H and O–H groups in total. The maximum Gasteiger partial charge on any atom is 0.231 e. The zero-order valence-electron chi connectivity index (χ0n) is 14.0. The highest BCUT2D eigenvalue weighted by Crippen LogP contribution is 2.70. The van der Waals surface area contributed by atoms with Gasteiger partial charge in [-0.2, -0.15) is 0 Å². The van der Waals surface area contributed by atoms with E-state index in [-0.39, 0.29) is 17.1 Å². The average Bonchev–Trinajstić information content (AvgIpc) is 2.78. The number of hydrogen-bond donors (Lipinski definition) is 1. The summed E-state index contributed by atoms with van der Waals surface area (Å²) in [6.07, 6.45) is 1.81. The van der Waals surface area contributed by atoms with Gasteiger partial charge in [0, 0.05) is 16.9 Å². The first-order valence-corrected chi connectivity index (χ1v) is 8.24. The zero-order chi connectivity index (χ0) is 17.0. The number of hydrogen-bond acceptors (Lipinski definition) is 3. The number of ether oxygens (including phenoxy) is 1. The number of benzene rings is 1. The Balaban J connectivity index is 1.96. The molecule has 2 saturated carbocycles. The van der Waals surface area contributed by atoms with Crippen molar-refractivity contribution in [2.75, 3.05) is 12.4 Å². The van der Waals surface area contributed by atoms with Gasteiger partial charge in [0.15, 0.2) is 0 Å². The first kappa shape index (κ1) is 16.3. The van der Waals surface area contributed by atoms with Crippen molar-refractivity contribution in [1.82, 2.24) is 0 Å². The molecule has 2 aliphatic rings. The number of rotatable bonds is 3. The molecule has 1 amide bonds. The minimum absolute atomic E-state index is 0.113. The number of Topliss-reactive ketones (excluding diaryl/α,β-unsaturated/α-hetero) is 1. The van der Waals surface area contributed by atoms with Crippen LogP contribution in [0.4, 0.5) is 5.69 Å². The van der Waals surface area contributed by atoms with Gasteiger partial charge in [-0.05, 0) is 36.5 Å². The van der Waals surface area contributed by atoms with E-state index in [4.69, 9.17) is 16.3 Å². The number of halogens is 1. The lowest BCUT2D eigenvalue weighted by atomic mass is 9.64. The third-order valence-electron chi connectivity index (χ3n) is 6.55. The minimum Gasteiger partial charge on any atom is -0.495 e. The van der Waals surface area contributed by atoms with Gasteiger partial charge in [0.05, 0.1) is 18.2 Å². The Morgan fingerprint density at radius 3 is 2.48 bits per heavy atom. The second kappa shape index (κ2) is 4.97. The molecule has 0 heterocycles. The predicted octanol–water partition coefficient (Wildman–Crippen LogP) is 4.07. The molecule has 2 fully saturated rings. The van der Waals surface area contributed by atoms with Crippen LogP contribution in [0.5, 0.6) is 5.75 Å². The number of carbonyl (C=O) groups is 2. The van der Waals surface area contributed by atoms with Crippen LogP contribution in [0.1, 0.15) is 40.0 Å². The van der Waals surface area contributed by atoms with E-state index in [1.165, 1.54) is 0 Å². The summed E-state index contributed by atoms with van der Waals surface area (Å²) in [5, 5.41) is 3.48. The molecule has 0 unspecified atom stereocenters. The van der Waals surface area contributed by atoms with Crippen LogP contribution in [-0.2, 0) is 9.59 Å². The molecule has 0 saturated heterocycles. The summed E-state index contributed by atoms with van der Waals surface area (Å²) in [5.41, 5.74) is -0.898. The molecule has 23 heavy (non-hydrogen) atoms. The molecule has 124 valence electrons. The van der Waals surface area contributed by atoms with E-state index in [9.17, 15) is 9.59 Å². The summed E-state index contributed by atoms with van der Waals surface area (Å²) < 4.78 is 5.29. The largest absolute Gasteiger partial charge is 0.495 e. The number of methoxy groups -OCH3 is 1. The topological polar surface area (TPSA) is 55.4 Å². The number of amides is 1. The van der Waals surface area contributed by atoms with Crippen LogP contribution in [-0.4, -0.2) is 18.8 Å². The summed E-state index contributed by atoms with van der Waals surface area (Å²) >= 11 is 6.03. The van der Waals surface area contributed by atoms with Crippen molar-refractivity contribution in [3.05, 3.63) is 23.2 Å². The second-order valence-electron chi connectivity index (χ2n) is 7.44. The fraction of sp³-hybridized carbons (Fsp3) is 0.556. The number of nitrogens with one attached hydrogen (secondary N) is 1. The molecule has 3 rings (SSSR count). The number of carbonyl (C=O) groups excluding carboxylic acids is 2. The van der Waals surface area contributed by atoms with Gasteiger partial charge in [0.1, 0.15) is 11.5 Å². The van der Waals surface area contributed by atoms with E-state index in [1.807, 2.05) is 20.8 Å². The van der Waals surface area contributed by atoms with E-state index in [2.05, 4.69) is 5.32 Å². The fourth-order valence-electron chi connectivity index (χ4n) is 4.38. The molecule has 5 heteroatoms. The van der Waals surface area contributed by atoms with Crippen molar-refractivity contribution < 1.29 is 14.3 Å². The van der Waals surface area contributed by atoms with Crippen molar-refractivity contribution in [3.8, 4) is 5.75 Å². The first-order valence-electron chi connectivity index (χ1n) is 7.86. The van der Waals surface area contributed by atoms with Crippen molar-refractivity contribution in [3.63, 3.8) is 0 Å². The Kier molecular flexibility index (Phi) is 3.53. The van der Waals surface area contributed by atoms with Crippen LogP contribution in [0.2, 0.25) is 5.02 Å². The fourth-order valence-corrected chi connectivity index (χ4v) is 4.55. The zero-order valence-corrected chi connectivity index (χ0v) is 14.7. The quantitative estimate of drug-likeness (QED) is 0.905. The van der Waals surface area contributed by atoms with Crippen LogP contribution >= 0.6 is 11.6 Å². The molecule has 0 aromatic heterocycles. The Bertz CT molecular complexity index is 700. The maximum absolute atomic E-state index is 13.1. The Labute approximate surface area is 141 Å². The third-order valence-corrected chi connectivity index (χ3v) is 6.78. The lowest BCUT2D eigenvalue weighted by Gasteiger charge is -2.38. The molecular formula is C18H22ClNO3. The third kappa shape index (κ3) is 1.97. The summed E-state index contributed by atoms with van der Waals surface area (Å²) in [4.78, 5) is 25.6. The summed E-state index contributed by atoms with van der Waals surface area (Å²) in [5.74, 6) is 0.640. The highest BCUT2D eigenvalue weighted by molar-refractivity contribution is 6.31. The van der Waals surface area contributed by atoms with E-state index in [0.717, 1.165) is 12.8 Å². The van der Waals surface area contributed by atoms with Gasteiger partial charge < -0.3 is 10.1 Å². The molecule has 1 aromatic rings. The van der Waals surface area contributed by atoms with Gasteiger partial charge in [-0.25, -0.2) is 0 Å². The Morgan fingerprint density at radius 2 is 1.96 bits per heavy atom. The maximum atomic E-state index is 13.1.